The lowest BCUT2D eigenvalue weighted by atomic mass is 9.93. The molecule has 0 aliphatic heterocycles. The molecule has 0 fully saturated rings. The van der Waals surface area contributed by atoms with Crippen LogP contribution >= 0.6 is 15.9 Å². The fraction of sp³-hybridized carbons (Fsp3) is 0.294. The van der Waals surface area contributed by atoms with Crippen molar-refractivity contribution < 1.29 is 0 Å². The van der Waals surface area contributed by atoms with E-state index in [4.69, 9.17) is 0 Å². The first-order chi connectivity index (χ1) is 9.11. The molecule has 0 aromatic heterocycles. The Hall–Kier alpha value is -1.12. The molecule has 0 aliphatic rings. The second kappa shape index (κ2) is 6.36. The summed E-state index contributed by atoms with van der Waals surface area (Å²) in [5, 5.41) is 3.43. The van der Waals surface area contributed by atoms with Gasteiger partial charge in [-0.3, -0.25) is 0 Å². The highest BCUT2D eigenvalue weighted by molar-refractivity contribution is 9.10. The third-order valence-corrected chi connectivity index (χ3v) is 4.15. The van der Waals surface area contributed by atoms with E-state index in [2.05, 4.69) is 77.6 Å². The summed E-state index contributed by atoms with van der Waals surface area (Å²) in [6.45, 7) is 4.38. The minimum Gasteiger partial charge on any atom is -0.313 e. The number of aryl methyl sites for hydroxylation is 2. The third kappa shape index (κ3) is 3.46. The smallest absolute Gasteiger partial charge is 0.0358 e. The van der Waals surface area contributed by atoms with Crippen molar-refractivity contribution in [2.24, 2.45) is 0 Å². The van der Waals surface area contributed by atoms with Crippen LogP contribution in [0.5, 0.6) is 0 Å². The lowest BCUT2D eigenvalue weighted by Gasteiger charge is -2.19. The highest BCUT2D eigenvalue weighted by Crippen LogP contribution is 2.24. The summed E-state index contributed by atoms with van der Waals surface area (Å²) in [7, 11) is 2.03. The largest absolute Gasteiger partial charge is 0.313 e. The van der Waals surface area contributed by atoms with E-state index >= 15 is 0 Å². The van der Waals surface area contributed by atoms with Gasteiger partial charge in [-0.25, -0.2) is 0 Å². The van der Waals surface area contributed by atoms with Crippen LogP contribution in [0, 0.1) is 13.8 Å². The van der Waals surface area contributed by atoms with Crippen molar-refractivity contribution in [1.82, 2.24) is 5.32 Å². The maximum absolute atomic E-state index is 3.55. The second-order valence-corrected chi connectivity index (χ2v) is 5.89. The Morgan fingerprint density at radius 2 is 1.68 bits per heavy atom. The van der Waals surface area contributed by atoms with Gasteiger partial charge in [0, 0.05) is 10.5 Å². The van der Waals surface area contributed by atoms with E-state index in [-0.39, 0.29) is 0 Å². The molecule has 2 heteroatoms. The molecule has 0 saturated heterocycles. The van der Waals surface area contributed by atoms with Crippen LogP contribution in [0.4, 0.5) is 0 Å². The summed E-state index contributed by atoms with van der Waals surface area (Å²) in [4.78, 5) is 0. The molecule has 0 radical (unpaired) electrons. The molecule has 2 aromatic rings. The molecular formula is C17H20BrN. The van der Waals surface area contributed by atoms with Crippen LogP contribution in [0.15, 0.2) is 46.9 Å². The lowest BCUT2D eigenvalue weighted by Crippen LogP contribution is -2.19. The van der Waals surface area contributed by atoms with Crippen molar-refractivity contribution in [2.75, 3.05) is 7.05 Å². The normalized spacial score (nSPS) is 12.4. The van der Waals surface area contributed by atoms with E-state index in [1.54, 1.807) is 0 Å². The molecule has 2 aromatic carbocycles. The Bertz CT molecular complexity index is 543. The predicted octanol–water partition coefficient (Wildman–Crippen LogP) is 4.57. The average Bonchev–Trinajstić information content (AvgIpc) is 2.38. The minimum atomic E-state index is 0.345. The molecule has 0 aliphatic carbocycles. The van der Waals surface area contributed by atoms with Gasteiger partial charge in [0.1, 0.15) is 0 Å². The number of nitrogens with one attached hydrogen (secondary N) is 1. The number of hydrogen-bond donors (Lipinski definition) is 1. The van der Waals surface area contributed by atoms with Gasteiger partial charge in [0.15, 0.2) is 0 Å². The van der Waals surface area contributed by atoms with Gasteiger partial charge in [-0.15, -0.1) is 0 Å². The monoisotopic (exact) mass is 317 g/mol. The Morgan fingerprint density at radius 3 is 2.26 bits per heavy atom. The van der Waals surface area contributed by atoms with E-state index in [9.17, 15) is 0 Å². The molecule has 0 amide bonds. The van der Waals surface area contributed by atoms with E-state index < -0.39 is 0 Å². The molecule has 0 heterocycles. The Balaban J connectivity index is 2.29. The second-order valence-electron chi connectivity index (χ2n) is 4.97. The summed E-state index contributed by atoms with van der Waals surface area (Å²) in [6, 6.07) is 15.4. The highest BCUT2D eigenvalue weighted by Gasteiger charge is 2.13. The van der Waals surface area contributed by atoms with Gasteiger partial charge in [0.2, 0.25) is 0 Å². The van der Waals surface area contributed by atoms with Crippen LogP contribution in [0.25, 0.3) is 0 Å². The van der Waals surface area contributed by atoms with E-state index in [0.29, 0.717) is 6.04 Å². The average molecular weight is 318 g/mol. The number of benzene rings is 2. The molecule has 100 valence electrons. The molecular weight excluding hydrogens is 298 g/mol. The Morgan fingerprint density at radius 1 is 1.05 bits per heavy atom. The molecule has 2 rings (SSSR count). The molecule has 1 nitrogen and oxygen atoms in total. The molecule has 1 atom stereocenters. The SMILES string of the molecule is CNC(Cc1c(C)cccc1C)c1cccc(Br)c1. The van der Waals surface area contributed by atoms with Crippen LogP contribution < -0.4 is 5.32 Å². The number of rotatable bonds is 4. The first kappa shape index (κ1) is 14.3. The van der Waals surface area contributed by atoms with Crippen LogP contribution in [-0.2, 0) is 6.42 Å². The van der Waals surface area contributed by atoms with E-state index in [1.165, 1.54) is 22.3 Å². The molecule has 0 bridgehead atoms. The number of likely N-dealkylation sites (N-methyl/N-ethyl adjacent to an activating group) is 1. The predicted molar refractivity (Wildman–Crippen MR) is 85.6 cm³/mol. The van der Waals surface area contributed by atoms with Crippen molar-refractivity contribution in [2.45, 2.75) is 26.3 Å². The molecule has 0 spiro atoms. The maximum Gasteiger partial charge on any atom is 0.0358 e. The van der Waals surface area contributed by atoms with E-state index in [0.717, 1.165) is 10.9 Å². The van der Waals surface area contributed by atoms with Crippen LogP contribution in [0.3, 0.4) is 0 Å². The maximum atomic E-state index is 3.55. The Labute approximate surface area is 124 Å². The number of hydrogen-bond acceptors (Lipinski definition) is 1. The van der Waals surface area contributed by atoms with Gasteiger partial charge in [-0.05, 0) is 61.7 Å². The van der Waals surface area contributed by atoms with Crippen molar-refractivity contribution in [3.8, 4) is 0 Å². The Kier molecular flexibility index (Phi) is 4.78. The molecule has 1 N–H and O–H groups in total. The summed E-state index contributed by atoms with van der Waals surface area (Å²) < 4.78 is 1.13. The zero-order valence-corrected chi connectivity index (χ0v) is 13.3. The fourth-order valence-electron chi connectivity index (χ4n) is 2.48. The first-order valence-electron chi connectivity index (χ1n) is 6.59. The fourth-order valence-corrected chi connectivity index (χ4v) is 2.90. The van der Waals surface area contributed by atoms with Crippen molar-refractivity contribution in [3.05, 3.63) is 69.2 Å². The zero-order chi connectivity index (χ0) is 13.8. The van der Waals surface area contributed by atoms with Crippen molar-refractivity contribution in [1.29, 1.82) is 0 Å². The first-order valence-corrected chi connectivity index (χ1v) is 7.39. The van der Waals surface area contributed by atoms with Gasteiger partial charge in [0.25, 0.3) is 0 Å². The van der Waals surface area contributed by atoms with E-state index in [1.807, 2.05) is 7.05 Å². The quantitative estimate of drug-likeness (QED) is 0.871. The molecule has 19 heavy (non-hydrogen) atoms. The summed E-state index contributed by atoms with van der Waals surface area (Å²) in [6.07, 6.45) is 1.02. The van der Waals surface area contributed by atoms with Crippen LogP contribution in [-0.4, -0.2) is 7.05 Å². The van der Waals surface area contributed by atoms with Gasteiger partial charge in [-0.2, -0.15) is 0 Å². The minimum absolute atomic E-state index is 0.345. The van der Waals surface area contributed by atoms with Gasteiger partial charge in [-0.1, -0.05) is 46.3 Å². The standard InChI is InChI=1S/C17H20BrN/c1-12-6-4-7-13(2)16(12)11-17(19-3)14-8-5-9-15(18)10-14/h4-10,17,19H,11H2,1-3H3. The van der Waals surface area contributed by atoms with Crippen LogP contribution in [0.2, 0.25) is 0 Å². The van der Waals surface area contributed by atoms with Gasteiger partial charge < -0.3 is 5.32 Å². The summed E-state index contributed by atoms with van der Waals surface area (Å²) >= 11 is 3.55. The topological polar surface area (TPSA) is 12.0 Å². The van der Waals surface area contributed by atoms with Gasteiger partial charge in [0.05, 0.1) is 0 Å². The lowest BCUT2D eigenvalue weighted by molar-refractivity contribution is 0.589. The summed E-state index contributed by atoms with van der Waals surface area (Å²) in [5.74, 6) is 0. The summed E-state index contributed by atoms with van der Waals surface area (Å²) in [5.41, 5.74) is 5.51. The van der Waals surface area contributed by atoms with Crippen molar-refractivity contribution >= 4 is 15.9 Å². The van der Waals surface area contributed by atoms with Crippen molar-refractivity contribution in [3.63, 3.8) is 0 Å². The zero-order valence-electron chi connectivity index (χ0n) is 11.7. The highest BCUT2D eigenvalue weighted by atomic mass is 79.9. The third-order valence-electron chi connectivity index (χ3n) is 3.65. The molecule has 0 saturated carbocycles. The van der Waals surface area contributed by atoms with Gasteiger partial charge >= 0.3 is 0 Å². The molecule has 1 unspecified atom stereocenters. The van der Waals surface area contributed by atoms with Crippen LogP contribution in [0.1, 0.15) is 28.3 Å². The number of halogens is 1.